The van der Waals surface area contributed by atoms with Gasteiger partial charge in [-0.2, -0.15) is 0 Å². The minimum atomic E-state index is 0.529. The normalized spacial score (nSPS) is 16.4. The highest BCUT2D eigenvalue weighted by Gasteiger charge is 2.09. The van der Waals surface area contributed by atoms with Crippen molar-refractivity contribution in [1.82, 2.24) is 4.98 Å². The van der Waals surface area contributed by atoms with Gasteiger partial charge in [0.15, 0.2) is 0 Å². The predicted octanol–water partition coefficient (Wildman–Crippen LogP) is 2.07. The summed E-state index contributed by atoms with van der Waals surface area (Å²) in [6, 6.07) is 5.70. The van der Waals surface area contributed by atoms with E-state index in [0.29, 0.717) is 6.54 Å². The molecule has 0 saturated heterocycles. The predicted molar refractivity (Wildman–Crippen MR) is 67.8 cm³/mol. The molecule has 1 aromatic heterocycles. The Bertz CT molecular complexity index is 255. The van der Waals surface area contributed by atoms with Crippen LogP contribution in [0.5, 0.6) is 0 Å². The zero-order valence-corrected chi connectivity index (χ0v) is 9.94. The molecular weight excluding hydrogens is 198 g/mol. The lowest BCUT2D eigenvalue weighted by atomic mass is 9.90. The van der Waals surface area contributed by atoms with Crippen LogP contribution >= 0.6 is 0 Å². The molecule has 1 fully saturated rings. The molecule has 1 aliphatic rings. The molecule has 4 N–H and O–H groups in total. The van der Waals surface area contributed by atoms with Crippen molar-refractivity contribution in [3.63, 3.8) is 0 Å². The largest absolute Gasteiger partial charge is 0.330 e. The van der Waals surface area contributed by atoms with Crippen LogP contribution in [-0.4, -0.2) is 11.5 Å². The molecule has 0 spiro atoms. The van der Waals surface area contributed by atoms with E-state index in [2.05, 4.69) is 4.98 Å². The van der Waals surface area contributed by atoms with Gasteiger partial charge in [-0.05, 0) is 37.4 Å². The van der Waals surface area contributed by atoms with Crippen LogP contribution in [-0.2, 0) is 6.54 Å². The summed E-state index contributed by atoms with van der Waals surface area (Å²) in [4.78, 5) is 3.97. The van der Waals surface area contributed by atoms with Crippen LogP contribution < -0.4 is 11.5 Å². The Kier molecular flexibility index (Phi) is 6.77. The highest BCUT2D eigenvalue weighted by Crippen LogP contribution is 2.21. The van der Waals surface area contributed by atoms with Gasteiger partial charge in [0.1, 0.15) is 0 Å². The van der Waals surface area contributed by atoms with Gasteiger partial charge in [0, 0.05) is 12.7 Å². The molecule has 0 aliphatic heterocycles. The first-order valence-electron chi connectivity index (χ1n) is 6.17. The average molecular weight is 221 g/mol. The van der Waals surface area contributed by atoms with Gasteiger partial charge in [0.25, 0.3) is 0 Å². The molecule has 0 radical (unpaired) electrons. The van der Waals surface area contributed by atoms with E-state index in [1.165, 1.54) is 32.1 Å². The number of rotatable bonds is 2. The Morgan fingerprint density at radius 2 is 1.88 bits per heavy atom. The quantitative estimate of drug-likeness (QED) is 0.803. The van der Waals surface area contributed by atoms with Gasteiger partial charge >= 0.3 is 0 Å². The molecule has 3 nitrogen and oxygen atoms in total. The summed E-state index contributed by atoms with van der Waals surface area (Å²) < 4.78 is 0. The van der Waals surface area contributed by atoms with Crippen LogP contribution in [0.15, 0.2) is 24.4 Å². The lowest BCUT2D eigenvalue weighted by Crippen LogP contribution is -2.16. The Labute approximate surface area is 98.3 Å². The minimum Gasteiger partial charge on any atom is -0.330 e. The highest BCUT2D eigenvalue weighted by molar-refractivity contribution is 5.02. The molecule has 3 heteroatoms. The van der Waals surface area contributed by atoms with Crippen LogP contribution in [0.4, 0.5) is 0 Å². The van der Waals surface area contributed by atoms with Crippen molar-refractivity contribution in [1.29, 1.82) is 0 Å². The Morgan fingerprint density at radius 3 is 2.25 bits per heavy atom. The van der Waals surface area contributed by atoms with Gasteiger partial charge in [0.2, 0.25) is 0 Å². The van der Waals surface area contributed by atoms with E-state index in [4.69, 9.17) is 11.5 Å². The highest BCUT2D eigenvalue weighted by atomic mass is 14.7. The van der Waals surface area contributed by atoms with Crippen molar-refractivity contribution in [2.24, 2.45) is 17.4 Å². The monoisotopic (exact) mass is 221 g/mol. The lowest BCUT2D eigenvalue weighted by molar-refractivity contribution is 0.366. The fraction of sp³-hybridized carbons (Fsp3) is 0.615. The van der Waals surface area contributed by atoms with Gasteiger partial charge in [-0.25, -0.2) is 0 Å². The molecule has 2 rings (SSSR count). The maximum atomic E-state index is 5.50. The second-order valence-corrected chi connectivity index (χ2v) is 4.26. The minimum absolute atomic E-state index is 0.529. The third-order valence-electron chi connectivity index (χ3n) is 2.99. The van der Waals surface area contributed by atoms with E-state index in [-0.39, 0.29) is 0 Å². The van der Waals surface area contributed by atoms with Gasteiger partial charge < -0.3 is 11.5 Å². The van der Waals surface area contributed by atoms with Crippen molar-refractivity contribution in [2.45, 2.75) is 38.6 Å². The first-order chi connectivity index (χ1) is 7.86. The zero-order chi connectivity index (χ0) is 11.6. The molecule has 0 amide bonds. The number of nitrogens with two attached hydrogens (primary N) is 2. The second kappa shape index (κ2) is 8.25. The standard InChI is InChI=1S/C7H15N.C6H8N2/c8-6-7-4-2-1-3-5-7;7-5-6-3-1-2-4-8-6/h7H,1-6,8H2;1-4H,5,7H2. The topological polar surface area (TPSA) is 64.9 Å². The third-order valence-corrected chi connectivity index (χ3v) is 2.99. The number of pyridine rings is 1. The van der Waals surface area contributed by atoms with E-state index in [1.54, 1.807) is 6.20 Å². The van der Waals surface area contributed by atoms with Crippen LogP contribution in [0.25, 0.3) is 0 Å². The van der Waals surface area contributed by atoms with E-state index in [9.17, 15) is 0 Å². The van der Waals surface area contributed by atoms with E-state index < -0.39 is 0 Å². The van der Waals surface area contributed by atoms with Crippen LogP contribution in [0, 0.1) is 5.92 Å². The summed E-state index contributed by atoms with van der Waals surface area (Å²) in [6.45, 7) is 1.45. The van der Waals surface area contributed by atoms with Gasteiger partial charge in [0.05, 0.1) is 5.69 Å². The zero-order valence-electron chi connectivity index (χ0n) is 9.94. The molecule has 16 heavy (non-hydrogen) atoms. The van der Waals surface area contributed by atoms with Crippen molar-refractivity contribution in [3.8, 4) is 0 Å². The molecule has 1 heterocycles. The fourth-order valence-electron chi connectivity index (χ4n) is 1.94. The van der Waals surface area contributed by atoms with Gasteiger partial charge in [-0.15, -0.1) is 0 Å². The summed E-state index contributed by atoms with van der Waals surface area (Å²) in [5.41, 5.74) is 11.7. The summed E-state index contributed by atoms with van der Waals surface area (Å²) in [6.07, 6.45) is 8.79. The SMILES string of the molecule is NCC1CCCCC1.NCc1ccccn1. The molecule has 0 aromatic carbocycles. The van der Waals surface area contributed by atoms with Crippen molar-refractivity contribution < 1.29 is 0 Å². The number of hydrogen-bond donors (Lipinski definition) is 2. The fourth-order valence-corrected chi connectivity index (χ4v) is 1.94. The number of nitrogens with zero attached hydrogens (tertiary/aromatic N) is 1. The number of hydrogen-bond acceptors (Lipinski definition) is 3. The lowest BCUT2D eigenvalue weighted by Gasteiger charge is -2.18. The first kappa shape index (κ1) is 13.1. The smallest absolute Gasteiger partial charge is 0.0539 e. The van der Waals surface area contributed by atoms with E-state index >= 15 is 0 Å². The van der Waals surface area contributed by atoms with Crippen LogP contribution in [0.2, 0.25) is 0 Å². The van der Waals surface area contributed by atoms with Crippen LogP contribution in [0.3, 0.4) is 0 Å². The van der Waals surface area contributed by atoms with E-state index in [0.717, 1.165) is 18.2 Å². The molecule has 0 unspecified atom stereocenters. The average Bonchev–Trinajstić information content (AvgIpc) is 2.41. The Morgan fingerprint density at radius 1 is 1.12 bits per heavy atom. The van der Waals surface area contributed by atoms with Crippen molar-refractivity contribution >= 4 is 0 Å². The summed E-state index contributed by atoms with van der Waals surface area (Å²) in [5.74, 6) is 0.865. The molecule has 0 bridgehead atoms. The summed E-state index contributed by atoms with van der Waals surface area (Å²) in [7, 11) is 0. The van der Waals surface area contributed by atoms with Crippen molar-refractivity contribution in [3.05, 3.63) is 30.1 Å². The number of aromatic nitrogens is 1. The molecule has 1 aliphatic carbocycles. The third kappa shape index (κ3) is 5.24. The first-order valence-corrected chi connectivity index (χ1v) is 6.17. The maximum absolute atomic E-state index is 5.50. The maximum Gasteiger partial charge on any atom is 0.0539 e. The van der Waals surface area contributed by atoms with Gasteiger partial charge in [-0.1, -0.05) is 25.3 Å². The molecule has 1 aromatic rings. The Balaban J connectivity index is 0.000000160. The summed E-state index contributed by atoms with van der Waals surface area (Å²) in [5, 5.41) is 0. The molecule has 0 atom stereocenters. The summed E-state index contributed by atoms with van der Waals surface area (Å²) >= 11 is 0. The molecular formula is C13H23N3. The molecule has 90 valence electrons. The second-order valence-electron chi connectivity index (χ2n) is 4.26. The Hall–Kier alpha value is -0.930. The van der Waals surface area contributed by atoms with E-state index in [1.807, 2.05) is 18.2 Å². The van der Waals surface area contributed by atoms with Crippen molar-refractivity contribution in [2.75, 3.05) is 6.54 Å². The van der Waals surface area contributed by atoms with Gasteiger partial charge in [-0.3, -0.25) is 4.98 Å². The van der Waals surface area contributed by atoms with Crippen LogP contribution in [0.1, 0.15) is 37.8 Å². The molecule has 1 saturated carbocycles.